The topological polar surface area (TPSA) is 55.0 Å². The third-order valence-electron chi connectivity index (χ3n) is 2.61. The van der Waals surface area contributed by atoms with Crippen LogP contribution >= 0.6 is 15.9 Å². The Hall–Kier alpha value is -1.46. The number of H-pyrrole nitrogens is 1. The molecule has 4 nitrogen and oxygen atoms in total. The molecule has 1 heterocycles. The number of ether oxygens (including phenoxy) is 1. The molecule has 0 aliphatic carbocycles. The van der Waals surface area contributed by atoms with E-state index in [1.165, 1.54) is 0 Å². The summed E-state index contributed by atoms with van der Waals surface area (Å²) < 4.78 is 5.46. The summed E-state index contributed by atoms with van der Waals surface area (Å²) in [7, 11) is 1.57. The Kier molecular flexibility index (Phi) is 3.93. The minimum atomic E-state index is -0.199. The van der Waals surface area contributed by atoms with Crippen molar-refractivity contribution < 1.29 is 4.74 Å². The molecule has 0 atom stereocenters. The van der Waals surface area contributed by atoms with Gasteiger partial charge in [0.05, 0.1) is 12.3 Å². The van der Waals surface area contributed by atoms with Crippen molar-refractivity contribution in [1.82, 2.24) is 9.97 Å². The van der Waals surface area contributed by atoms with Crippen molar-refractivity contribution in [3.63, 3.8) is 0 Å². The molecule has 0 radical (unpaired) electrons. The smallest absolute Gasteiger partial charge is 0.265 e. The summed E-state index contributed by atoms with van der Waals surface area (Å²) in [6.45, 7) is 2.27. The molecule has 0 aliphatic heterocycles. The van der Waals surface area contributed by atoms with Crippen LogP contribution in [-0.2, 0) is 11.3 Å². The Morgan fingerprint density at radius 1 is 1.39 bits per heavy atom. The average molecular weight is 309 g/mol. The van der Waals surface area contributed by atoms with Crippen LogP contribution < -0.4 is 5.56 Å². The number of rotatable bonds is 3. The molecule has 1 N–H and O–H groups in total. The van der Waals surface area contributed by atoms with Crippen LogP contribution in [0.4, 0.5) is 0 Å². The summed E-state index contributed by atoms with van der Waals surface area (Å²) in [6, 6.07) is 7.78. The van der Waals surface area contributed by atoms with Gasteiger partial charge in [-0.3, -0.25) is 4.79 Å². The fraction of sp³-hybridized carbons (Fsp3) is 0.231. The van der Waals surface area contributed by atoms with Crippen molar-refractivity contribution in [2.45, 2.75) is 13.5 Å². The lowest BCUT2D eigenvalue weighted by Crippen LogP contribution is -2.14. The van der Waals surface area contributed by atoms with Gasteiger partial charge in [0, 0.05) is 12.7 Å². The molecule has 0 aliphatic rings. The molecular formula is C13H13BrN2O2. The minimum absolute atomic E-state index is 0.199. The van der Waals surface area contributed by atoms with E-state index in [9.17, 15) is 4.79 Å². The van der Waals surface area contributed by atoms with Gasteiger partial charge in [-0.15, -0.1) is 0 Å². The fourth-order valence-corrected chi connectivity index (χ4v) is 2.01. The van der Waals surface area contributed by atoms with E-state index in [2.05, 4.69) is 25.9 Å². The van der Waals surface area contributed by atoms with Crippen molar-refractivity contribution in [1.29, 1.82) is 0 Å². The first kappa shape index (κ1) is 13.0. The number of halogens is 1. The van der Waals surface area contributed by atoms with Gasteiger partial charge in [-0.2, -0.15) is 0 Å². The monoisotopic (exact) mass is 308 g/mol. The van der Waals surface area contributed by atoms with Gasteiger partial charge in [-0.1, -0.05) is 24.3 Å². The summed E-state index contributed by atoms with van der Waals surface area (Å²) in [5.74, 6) is 0.563. The van der Waals surface area contributed by atoms with Crippen LogP contribution in [0.1, 0.15) is 11.3 Å². The number of methoxy groups -OCH3 is 1. The highest BCUT2D eigenvalue weighted by Gasteiger charge is 2.11. The molecule has 1 aromatic heterocycles. The third kappa shape index (κ3) is 2.52. The maximum atomic E-state index is 11.8. The lowest BCUT2D eigenvalue weighted by Gasteiger charge is -2.08. The van der Waals surface area contributed by atoms with Crippen molar-refractivity contribution in [3.8, 4) is 11.4 Å². The average Bonchev–Trinajstić information content (AvgIpc) is 2.35. The van der Waals surface area contributed by atoms with Crippen molar-refractivity contribution >= 4 is 15.9 Å². The molecule has 18 heavy (non-hydrogen) atoms. The number of aromatic nitrogens is 2. The highest BCUT2D eigenvalue weighted by atomic mass is 79.9. The Balaban J connectivity index is 2.59. The Labute approximate surface area is 113 Å². The number of hydrogen-bond donors (Lipinski definition) is 1. The maximum Gasteiger partial charge on any atom is 0.265 e. The Morgan fingerprint density at radius 3 is 2.78 bits per heavy atom. The summed E-state index contributed by atoms with van der Waals surface area (Å²) in [5, 5.41) is 0. The SMILES string of the molecule is COCc1nc(-c2ccccc2C)[nH]c(=O)c1Br. The largest absolute Gasteiger partial charge is 0.378 e. The van der Waals surface area contributed by atoms with Crippen molar-refractivity contribution in [3.05, 3.63) is 50.3 Å². The van der Waals surface area contributed by atoms with Crippen molar-refractivity contribution in [2.24, 2.45) is 0 Å². The summed E-state index contributed by atoms with van der Waals surface area (Å²) in [5.41, 5.74) is 2.38. The number of benzene rings is 1. The first-order valence-corrected chi connectivity index (χ1v) is 6.26. The number of hydrogen-bond acceptors (Lipinski definition) is 3. The standard InChI is InChI=1S/C13H13BrN2O2/c1-8-5-3-4-6-9(8)12-15-10(7-18-2)11(14)13(17)16-12/h3-6H,7H2,1-2H3,(H,15,16,17). The predicted octanol–water partition coefficient (Wildman–Crippen LogP) is 2.65. The Morgan fingerprint density at radius 2 is 2.11 bits per heavy atom. The molecule has 5 heteroatoms. The molecule has 0 saturated heterocycles. The highest BCUT2D eigenvalue weighted by molar-refractivity contribution is 9.10. The molecule has 0 saturated carbocycles. The van der Waals surface area contributed by atoms with Crippen LogP contribution in [0, 0.1) is 6.92 Å². The fourth-order valence-electron chi connectivity index (χ4n) is 1.70. The van der Waals surface area contributed by atoms with E-state index in [-0.39, 0.29) is 5.56 Å². The van der Waals surface area contributed by atoms with Gasteiger partial charge in [0.1, 0.15) is 10.3 Å². The van der Waals surface area contributed by atoms with Crippen LogP contribution in [0.15, 0.2) is 33.5 Å². The molecule has 94 valence electrons. The van der Waals surface area contributed by atoms with E-state index in [0.29, 0.717) is 22.6 Å². The van der Waals surface area contributed by atoms with E-state index < -0.39 is 0 Å². The molecule has 1 aromatic carbocycles. The van der Waals surface area contributed by atoms with Gasteiger partial charge in [0.25, 0.3) is 5.56 Å². The molecule has 0 unspecified atom stereocenters. The second-order valence-corrected chi connectivity index (χ2v) is 4.72. The van der Waals surface area contributed by atoms with Gasteiger partial charge < -0.3 is 9.72 Å². The maximum absolute atomic E-state index is 11.8. The first-order chi connectivity index (χ1) is 8.63. The summed E-state index contributed by atoms with van der Waals surface area (Å²) in [6.07, 6.45) is 0. The molecule has 0 amide bonds. The van der Waals surface area contributed by atoms with E-state index in [0.717, 1.165) is 11.1 Å². The summed E-state index contributed by atoms with van der Waals surface area (Å²) >= 11 is 3.22. The minimum Gasteiger partial charge on any atom is -0.378 e. The number of nitrogens with zero attached hydrogens (tertiary/aromatic N) is 1. The van der Waals surface area contributed by atoms with Gasteiger partial charge >= 0.3 is 0 Å². The molecule has 0 fully saturated rings. The molecule has 2 aromatic rings. The molecule has 0 bridgehead atoms. The number of aromatic amines is 1. The summed E-state index contributed by atoms with van der Waals surface area (Å²) in [4.78, 5) is 19.0. The van der Waals surface area contributed by atoms with Crippen LogP contribution in [0.3, 0.4) is 0 Å². The van der Waals surface area contributed by atoms with Gasteiger partial charge in [0.2, 0.25) is 0 Å². The van der Waals surface area contributed by atoms with Crippen LogP contribution in [0.5, 0.6) is 0 Å². The quantitative estimate of drug-likeness (QED) is 0.948. The zero-order valence-corrected chi connectivity index (χ0v) is 11.7. The molecule has 0 spiro atoms. The second-order valence-electron chi connectivity index (χ2n) is 3.92. The predicted molar refractivity (Wildman–Crippen MR) is 73.4 cm³/mol. The Bertz CT molecular complexity index is 623. The zero-order chi connectivity index (χ0) is 13.1. The number of aryl methyl sites for hydroxylation is 1. The number of nitrogens with one attached hydrogen (secondary N) is 1. The molecular weight excluding hydrogens is 296 g/mol. The van der Waals surface area contributed by atoms with Crippen LogP contribution in [0.2, 0.25) is 0 Å². The third-order valence-corrected chi connectivity index (χ3v) is 3.43. The normalized spacial score (nSPS) is 10.6. The van der Waals surface area contributed by atoms with Crippen LogP contribution in [-0.4, -0.2) is 17.1 Å². The van der Waals surface area contributed by atoms with Gasteiger partial charge in [-0.05, 0) is 28.4 Å². The van der Waals surface area contributed by atoms with E-state index >= 15 is 0 Å². The van der Waals surface area contributed by atoms with Gasteiger partial charge in [0.15, 0.2) is 0 Å². The van der Waals surface area contributed by atoms with E-state index in [1.54, 1.807) is 7.11 Å². The second kappa shape index (κ2) is 5.46. The first-order valence-electron chi connectivity index (χ1n) is 5.47. The highest BCUT2D eigenvalue weighted by Crippen LogP contribution is 2.20. The lowest BCUT2D eigenvalue weighted by molar-refractivity contribution is 0.180. The van der Waals surface area contributed by atoms with Crippen LogP contribution in [0.25, 0.3) is 11.4 Å². The van der Waals surface area contributed by atoms with E-state index in [1.807, 2.05) is 31.2 Å². The lowest BCUT2D eigenvalue weighted by atomic mass is 10.1. The zero-order valence-electron chi connectivity index (χ0n) is 10.2. The molecule has 2 rings (SSSR count). The van der Waals surface area contributed by atoms with Crippen molar-refractivity contribution in [2.75, 3.05) is 7.11 Å². The van der Waals surface area contributed by atoms with Gasteiger partial charge in [-0.25, -0.2) is 4.98 Å². The van der Waals surface area contributed by atoms with E-state index in [4.69, 9.17) is 4.74 Å².